The van der Waals surface area contributed by atoms with Crippen LogP contribution in [0.3, 0.4) is 0 Å². The summed E-state index contributed by atoms with van der Waals surface area (Å²) in [5.41, 5.74) is 16.2. The fraction of sp³-hybridized carbons (Fsp3) is 0.214. The molecule has 5 heteroatoms. The molecule has 4 aromatic heterocycles. The predicted octanol–water partition coefficient (Wildman–Crippen LogP) is 9.48. The summed E-state index contributed by atoms with van der Waals surface area (Å²) < 4.78 is 4.33. The van der Waals surface area contributed by atoms with Gasteiger partial charge < -0.3 is 4.40 Å². The van der Waals surface area contributed by atoms with Crippen LogP contribution < -0.4 is 0 Å². The first-order valence-electron chi connectivity index (χ1n) is 16.4. The van der Waals surface area contributed by atoms with Crippen molar-refractivity contribution in [2.45, 2.75) is 59.3 Å². The van der Waals surface area contributed by atoms with Gasteiger partial charge in [0.2, 0.25) is 0 Å². The van der Waals surface area contributed by atoms with Crippen molar-refractivity contribution < 1.29 is 0 Å². The summed E-state index contributed by atoms with van der Waals surface area (Å²) in [5.74, 6) is 0. The first-order chi connectivity index (χ1) is 22.6. The lowest BCUT2D eigenvalue weighted by atomic mass is 9.67. The number of pyridine rings is 2. The molecule has 8 rings (SSSR count). The molecule has 0 saturated heterocycles. The van der Waals surface area contributed by atoms with Crippen molar-refractivity contribution in [2.24, 2.45) is 0 Å². The van der Waals surface area contributed by atoms with Gasteiger partial charge in [-0.3, -0.25) is 4.98 Å². The molecule has 0 N–H and O–H groups in total. The number of imidazole rings is 1. The molecule has 0 spiro atoms. The summed E-state index contributed by atoms with van der Waals surface area (Å²) >= 11 is 0. The van der Waals surface area contributed by atoms with Gasteiger partial charge in [0, 0.05) is 29.3 Å². The van der Waals surface area contributed by atoms with E-state index in [-0.39, 0.29) is 5.41 Å². The van der Waals surface area contributed by atoms with E-state index in [9.17, 15) is 0 Å². The molecule has 0 aliphatic heterocycles. The Kier molecular flexibility index (Phi) is 6.42. The second-order valence-electron chi connectivity index (χ2n) is 14.0. The monoisotopic (exact) mass is 613 g/mol. The molecule has 0 saturated carbocycles. The fourth-order valence-electron chi connectivity index (χ4n) is 7.59. The molecular formula is C42H39N5. The Morgan fingerprint density at radius 3 is 2.04 bits per heavy atom. The second kappa shape index (κ2) is 10.4. The van der Waals surface area contributed by atoms with Crippen molar-refractivity contribution in [3.63, 3.8) is 0 Å². The van der Waals surface area contributed by atoms with Gasteiger partial charge in [-0.2, -0.15) is 5.10 Å². The Labute approximate surface area is 276 Å². The molecular weight excluding hydrogens is 574 g/mol. The zero-order valence-electron chi connectivity index (χ0n) is 28.1. The quantitative estimate of drug-likeness (QED) is 0.199. The average Bonchev–Trinajstić information content (AvgIpc) is 3.68. The van der Waals surface area contributed by atoms with Crippen LogP contribution in [0.1, 0.15) is 71.4 Å². The molecule has 0 bridgehead atoms. The van der Waals surface area contributed by atoms with Crippen LogP contribution in [0.15, 0.2) is 109 Å². The van der Waals surface area contributed by atoms with Crippen molar-refractivity contribution in [3.05, 3.63) is 160 Å². The molecule has 3 aromatic carbocycles. The highest BCUT2D eigenvalue weighted by molar-refractivity contribution is 5.87. The summed E-state index contributed by atoms with van der Waals surface area (Å²) in [5, 5.41) is 4.87. The van der Waals surface area contributed by atoms with E-state index in [0.29, 0.717) is 0 Å². The maximum absolute atomic E-state index is 5.11. The highest BCUT2D eigenvalue weighted by atomic mass is 15.3. The predicted molar refractivity (Wildman–Crippen MR) is 190 cm³/mol. The van der Waals surface area contributed by atoms with E-state index in [1.54, 1.807) is 0 Å². The van der Waals surface area contributed by atoms with Crippen molar-refractivity contribution in [1.29, 1.82) is 0 Å². The van der Waals surface area contributed by atoms with Gasteiger partial charge in [-0.25, -0.2) is 9.67 Å². The minimum absolute atomic E-state index is 0.0131. The highest BCUT2D eigenvalue weighted by Gasteiger charge is 2.46. The molecule has 5 nitrogen and oxygen atoms in total. The van der Waals surface area contributed by atoms with Gasteiger partial charge in [0.25, 0.3) is 0 Å². The topological polar surface area (TPSA) is 48.0 Å². The minimum atomic E-state index is -0.603. The van der Waals surface area contributed by atoms with Crippen molar-refractivity contribution in [2.75, 3.05) is 0 Å². The molecule has 47 heavy (non-hydrogen) atoms. The smallest absolute Gasteiger partial charge is 0.146 e. The van der Waals surface area contributed by atoms with Gasteiger partial charge in [0.1, 0.15) is 5.65 Å². The lowest BCUT2D eigenvalue weighted by Gasteiger charge is -2.34. The number of aryl methyl sites for hydroxylation is 4. The van der Waals surface area contributed by atoms with Crippen molar-refractivity contribution in [1.82, 2.24) is 24.1 Å². The first-order valence-corrected chi connectivity index (χ1v) is 16.4. The average molecular weight is 614 g/mol. The summed E-state index contributed by atoms with van der Waals surface area (Å²) in [6, 6.07) is 35.6. The van der Waals surface area contributed by atoms with Gasteiger partial charge in [0.05, 0.1) is 28.2 Å². The molecule has 1 aliphatic carbocycles. The largest absolute Gasteiger partial charge is 0.303 e. The van der Waals surface area contributed by atoms with Crippen molar-refractivity contribution in [3.8, 4) is 28.1 Å². The number of nitrogens with zero attached hydrogens (tertiary/aromatic N) is 5. The number of fused-ring (bicyclic) bond motifs is 4. The molecule has 0 unspecified atom stereocenters. The van der Waals surface area contributed by atoms with Gasteiger partial charge >= 0.3 is 0 Å². The summed E-state index contributed by atoms with van der Waals surface area (Å²) in [7, 11) is 0. The fourth-order valence-corrected chi connectivity index (χ4v) is 7.59. The first kappa shape index (κ1) is 29.1. The molecule has 0 atom stereocenters. The normalized spacial score (nSPS) is 13.6. The van der Waals surface area contributed by atoms with Crippen LogP contribution in [0, 0.1) is 27.7 Å². The van der Waals surface area contributed by atoms with Crippen LogP contribution >= 0.6 is 0 Å². The van der Waals surface area contributed by atoms with Gasteiger partial charge in [-0.1, -0.05) is 81.4 Å². The van der Waals surface area contributed by atoms with Crippen LogP contribution in [0.25, 0.3) is 33.7 Å². The maximum atomic E-state index is 5.11. The van der Waals surface area contributed by atoms with Gasteiger partial charge in [0.15, 0.2) is 0 Å². The molecule has 1 aliphatic rings. The maximum Gasteiger partial charge on any atom is 0.146 e. The van der Waals surface area contributed by atoms with Crippen LogP contribution in [0.5, 0.6) is 0 Å². The SMILES string of the molecule is Cc1cc(C)n(-c2cccc(C3(c4cc(-c5cc(C(C)(C)C)ccn5)c5nc(C)c(C)n5c4)c4ccccc4-c4ccccc43)c2)n1. The Morgan fingerprint density at radius 2 is 1.38 bits per heavy atom. The Hall–Kier alpha value is -5.29. The summed E-state index contributed by atoms with van der Waals surface area (Å²) in [4.78, 5) is 10.1. The van der Waals surface area contributed by atoms with Gasteiger partial charge in [-0.05, 0) is 108 Å². The third kappa shape index (κ3) is 4.33. The van der Waals surface area contributed by atoms with E-state index < -0.39 is 5.41 Å². The lowest BCUT2D eigenvalue weighted by molar-refractivity contribution is 0.589. The highest BCUT2D eigenvalue weighted by Crippen LogP contribution is 2.56. The van der Waals surface area contributed by atoms with E-state index in [1.165, 1.54) is 38.9 Å². The second-order valence-corrected chi connectivity index (χ2v) is 14.0. The van der Waals surface area contributed by atoms with Crippen LogP contribution in [-0.4, -0.2) is 24.1 Å². The van der Waals surface area contributed by atoms with Crippen LogP contribution in [0.2, 0.25) is 0 Å². The molecule has 7 aromatic rings. The van der Waals surface area contributed by atoms with E-state index >= 15 is 0 Å². The Bertz CT molecular complexity index is 2300. The zero-order valence-corrected chi connectivity index (χ0v) is 28.1. The van der Waals surface area contributed by atoms with E-state index in [1.807, 2.05) is 13.1 Å². The standard InChI is InChI=1S/C42H39N5/c1-26-21-27(2)47(45-26)33-14-12-13-31(22-33)42(37-17-10-8-15-34(37)35-16-9-11-18-38(35)42)32-23-36(40-44-28(3)29(4)46(40)25-32)39-24-30(19-20-43-39)41(5,6)7/h8-25H,1-7H3. The third-order valence-corrected chi connectivity index (χ3v) is 10.0. The minimum Gasteiger partial charge on any atom is -0.303 e. The molecule has 0 amide bonds. The third-order valence-electron chi connectivity index (χ3n) is 10.0. The molecule has 0 radical (unpaired) electrons. The summed E-state index contributed by atoms with van der Waals surface area (Å²) in [6.45, 7) is 15.2. The van der Waals surface area contributed by atoms with E-state index in [0.717, 1.165) is 45.4 Å². The van der Waals surface area contributed by atoms with Crippen LogP contribution in [-0.2, 0) is 10.8 Å². The number of hydrogen-bond donors (Lipinski definition) is 0. The molecule has 232 valence electrons. The van der Waals surface area contributed by atoms with Gasteiger partial charge in [-0.15, -0.1) is 0 Å². The van der Waals surface area contributed by atoms with E-state index in [2.05, 4.69) is 154 Å². The zero-order chi connectivity index (χ0) is 32.7. The number of hydrogen-bond acceptors (Lipinski definition) is 3. The Balaban J connectivity index is 1.51. The summed E-state index contributed by atoms with van der Waals surface area (Å²) in [6.07, 6.45) is 4.26. The molecule has 4 heterocycles. The van der Waals surface area contributed by atoms with E-state index in [4.69, 9.17) is 15.1 Å². The van der Waals surface area contributed by atoms with Crippen LogP contribution in [0.4, 0.5) is 0 Å². The lowest BCUT2D eigenvalue weighted by Crippen LogP contribution is -2.29. The number of aromatic nitrogens is 5. The Morgan fingerprint density at radius 1 is 0.681 bits per heavy atom. The molecule has 0 fully saturated rings. The number of benzene rings is 3. The number of rotatable bonds is 4. The van der Waals surface area contributed by atoms with Crippen molar-refractivity contribution >= 4 is 5.65 Å².